The zero-order chi connectivity index (χ0) is 14.2. The van der Waals surface area contributed by atoms with Gasteiger partial charge in [-0.1, -0.05) is 6.07 Å². The maximum atomic E-state index is 11.9. The highest BCUT2D eigenvalue weighted by atomic mass is 32.2. The Kier molecular flexibility index (Phi) is 3.46. The van der Waals surface area contributed by atoms with E-state index in [-0.39, 0.29) is 11.9 Å². The number of carbonyl (C=O) groups is 1. The third kappa shape index (κ3) is 3.02. The van der Waals surface area contributed by atoms with E-state index in [2.05, 4.69) is 10.0 Å². The van der Waals surface area contributed by atoms with Crippen molar-refractivity contribution in [1.29, 1.82) is 0 Å². The number of benzene rings is 1. The van der Waals surface area contributed by atoms with E-state index in [1.54, 1.807) is 31.2 Å². The Hall–Kier alpha value is -1.67. The van der Waals surface area contributed by atoms with Crippen LogP contribution in [0.15, 0.2) is 24.3 Å². The van der Waals surface area contributed by atoms with Crippen molar-refractivity contribution < 1.29 is 13.2 Å². The van der Waals surface area contributed by atoms with Gasteiger partial charge >= 0.3 is 0 Å². The molecule has 0 unspecified atom stereocenters. The number of carbonyl (C=O) groups excluding carboxylic acids is 1. The number of rotatable bonds is 3. The van der Waals surface area contributed by atoms with Gasteiger partial charge in [0.1, 0.15) is 6.04 Å². The van der Waals surface area contributed by atoms with E-state index in [1.165, 1.54) is 4.90 Å². The van der Waals surface area contributed by atoms with Gasteiger partial charge in [-0.15, -0.1) is 0 Å². The van der Waals surface area contributed by atoms with Gasteiger partial charge in [0.2, 0.25) is 10.0 Å². The largest absolute Gasteiger partial charge is 0.350 e. The Labute approximate surface area is 116 Å². The normalized spacial score (nSPS) is 19.5. The number of amides is 1. The van der Waals surface area contributed by atoms with Gasteiger partial charge in [0, 0.05) is 0 Å². The second-order valence-electron chi connectivity index (χ2n) is 4.27. The summed E-state index contributed by atoms with van der Waals surface area (Å²) in [4.78, 5) is 13.3. The lowest BCUT2D eigenvalue weighted by Crippen LogP contribution is -2.30. The van der Waals surface area contributed by atoms with Crippen LogP contribution >= 0.6 is 12.2 Å². The van der Waals surface area contributed by atoms with Crippen LogP contribution in [0.3, 0.4) is 0 Å². The van der Waals surface area contributed by atoms with E-state index in [1.807, 2.05) is 0 Å². The van der Waals surface area contributed by atoms with Crippen molar-refractivity contribution in [3.05, 3.63) is 24.3 Å². The molecule has 19 heavy (non-hydrogen) atoms. The molecule has 0 saturated carbocycles. The Balaban J connectivity index is 2.34. The summed E-state index contributed by atoms with van der Waals surface area (Å²) in [7, 11) is -3.36. The average molecular weight is 299 g/mol. The van der Waals surface area contributed by atoms with Gasteiger partial charge in [-0.05, 0) is 37.3 Å². The van der Waals surface area contributed by atoms with Gasteiger partial charge in [-0.2, -0.15) is 0 Å². The van der Waals surface area contributed by atoms with Gasteiger partial charge in [-0.3, -0.25) is 14.4 Å². The molecule has 2 N–H and O–H groups in total. The van der Waals surface area contributed by atoms with Crippen LogP contribution in [0.1, 0.15) is 6.92 Å². The SMILES string of the molecule is C[C@@H]1NC(=S)N(c2cccc(NS(C)(=O)=O)c2)C1=O. The van der Waals surface area contributed by atoms with Gasteiger partial charge in [0.15, 0.2) is 5.11 Å². The fourth-order valence-corrected chi connectivity index (χ4v) is 2.70. The van der Waals surface area contributed by atoms with E-state index in [4.69, 9.17) is 12.2 Å². The van der Waals surface area contributed by atoms with Crippen molar-refractivity contribution in [3.63, 3.8) is 0 Å². The first-order chi connectivity index (χ1) is 8.78. The van der Waals surface area contributed by atoms with Crippen molar-refractivity contribution in [3.8, 4) is 0 Å². The summed E-state index contributed by atoms with van der Waals surface area (Å²) in [5, 5.41) is 3.17. The molecule has 6 nitrogen and oxygen atoms in total. The zero-order valence-electron chi connectivity index (χ0n) is 10.4. The third-order valence-electron chi connectivity index (χ3n) is 2.54. The van der Waals surface area contributed by atoms with Crippen molar-refractivity contribution in [2.24, 2.45) is 0 Å². The Morgan fingerprint density at radius 2 is 2.11 bits per heavy atom. The molecule has 1 aromatic rings. The fraction of sp³-hybridized carbons (Fsp3) is 0.273. The quantitative estimate of drug-likeness (QED) is 0.802. The Bertz CT molecular complexity index is 642. The zero-order valence-corrected chi connectivity index (χ0v) is 12.0. The Morgan fingerprint density at radius 1 is 1.42 bits per heavy atom. The second-order valence-corrected chi connectivity index (χ2v) is 6.40. The van der Waals surface area contributed by atoms with Crippen molar-refractivity contribution in [2.75, 3.05) is 15.9 Å². The number of anilines is 2. The van der Waals surface area contributed by atoms with E-state index >= 15 is 0 Å². The summed E-state index contributed by atoms with van der Waals surface area (Å²) in [5.41, 5.74) is 0.913. The molecule has 0 spiro atoms. The van der Waals surface area contributed by atoms with Crippen LogP contribution in [-0.2, 0) is 14.8 Å². The molecule has 0 radical (unpaired) electrons. The standard InChI is InChI=1S/C11H13N3O3S2/c1-7-10(15)14(11(18)12-7)9-5-3-4-8(6-9)13-19(2,16)17/h3-7,13H,1-2H3,(H,12,18)/t7-/m0/s1. The van der Waals surface area contributed by atoms with Gasteiger partial charge in [0.25, 0.3) is 5.91 Å². The summed E-state index contributed by atoms with van der Waals surface area (Å²) >= 11 is 5.08. The van der Waals surface area contributed by atoms with E-state index in [9.17, 15) is 13.2 Å². The van der Waals surface area contributed by atoms with Crippen LogP contribution in [0, 0.1) is 0 Å². The summed E-state index contributed by atoms with van der Waals surface area (Å²) in [6.07, 6.45) is 1.06. The topological polar surface area (TPSA) is 78.5 Å². The predicted octanol–water partition coefficient (Wildman–Crippen LogP) is 0.668. The highest BCUT2D eigenvalue weighted by Gasteiger charge is 2.33. The van der Waals surface area contributed by atoms with E-state index in [0.717, 1.165) is 6.26 Å². The minimum Gasteiger partial charge on any atom is -0.350 e. The summed E-state index contributed by atoms with van der Waals surface area (Å²) < 4.78 is 24.7. The monoisotopic (exact) mass is 299 g/mol. The molecule has 1 atom stereocenters. The van der Waals surface area contributed by atoms with Gasteiger partial charge in [0.05, 0.1) is 17.6 Å². The molecule has 1 heterocycles. The smallest absolute Gasteiger partial charge is 0.255 e. The molecular formula is C11H13N3O3S2. The molecule has 8 heteroatoms. The second kappa shape index (κ2) is 4.78. The number of sulfonamides is 1. The number of thiocarbonyl (C=S) groups is 1. The first kappa shape index (κ1) is 13.8. The molecule has 1 saturated heterocycles. The molecule has 1 amide bonds. The van der Waals surface area contributed by atoms with E-state index in [0.29, 0.717) is 16.5 Å². The number of hydrogen-bond acceptors (Lipinski definition) is 4. The highest BCUT2D eigenvalue weighted by Crippen LogP contribution is 2.23. The minimum absolute atomic E-state index is 0.165. The summed E-state index contributed by atoms with van der Waals surface area (Å²) in [5.74, 6) is -0.165. The molecule has 1 aromatic carbocycles. The number of nitrogens with zero attached hydrogens (tertiary/aromatic N) is 1. The molecule has 0 aromatic heterocycles. The molecule has 102 valence electrons. The van der Waals surface area contributed by atoms with Crippen molar-refractivity contribution >= 4 is 44.6 Å². The van der Waals surface area contributed by atoms with Crippen LogP contribution < -0.4 is 14.9 Å². The lowest BCUT2D eigenvalue weighted by atomic mass is 10.2. The van der Waals surface area contributed by atoms with Crippen molar-refractivity contribution in [1.82, 2.24) is 5.32 Å². The fourth-order valence-electron chi connectivity index (χ4n) is 1.77. The van der Waals surface area contributed by atoms with Crippen LogP contribution in [0.2, 0.25) is 0 Å². The lowest BCUT2D eigenvalue weighted by molar-refractivity contribution is -0.117. The predicted molar refractivity (Wildman–Crippen MR) is 77.6 cm³/mol. The maximum absolute atomic E-state index is 11.9. The lowest BCUT2D eigenvalue weighted by Gasteiger charge is -2.16. The molecule has 1 aliphatic rings. The van der Waals surface area contributed by atoms with Crippen LogP contribution in [0.4, 0.5) is 11.4 Å². The molecule has 2 rings (SSSR count). The van der Waals surface area contributed by atoms with Gasteiger partial charge < -0.3 is 5.32 Å². The molecular weight excluding hydrogens is 286 g/mol. The van der Waals surface area contributed by atoms with Crippen LogP contribution in [-0.4, -0.2) is 31.7 Å². The number of hydrogen-bond donors (Lipinski definition) is 2. The van der Waals surface area contributed by atoms with E-state index < -0.39 is 10.0 Å². The maximum Gasteiger partial charge on any atom is 0.255 e. The summed E-state index contributed by atoms with van der Waals surface area (Å²) in [6, 6.07) is 6.13. The molecule has 0 aliphatic carbocycles. The number of nitrogens with one attached hydrogen (secondary N) is 2. The highest BCUT2D eigenvalue weighted by molar-refractivity contribution is 7.92. The Morgan fingerprint density at radius 3 is 2.63 bits per heavy atom. The molecule has 1 aliphatic heterocycles. The van der Waals surface area contributed by atoms with Gasteiger partial charge in [-0.25, -0.2) is 8.42 Å². The average Bonchev–Trinajstić information content (AvgIpc) is 2.51. The summed E-state index contributed by atoms with van der Waals surface area (Å²) in [6.45, 7) is 1.72. The molecule has 0 bridgehead atoms. The first-order valence-electron chi connectivity index (χ1n) is 5.50. The first-order valence-corrected chi connectivity index (χ1v) is 7.80. The minimum atomic E-state index is -3.36. The third-order valence-corrected chi connectivity index (χ3v) is 3.45. The van der Waals surface area contributed by atoms with Crippen molar-refractivity contribution in [2.45, 2.75) is 13.0 Å². The van der Waals surface area contributed by atoms with Crippen LogP contribution in [0.25, 0.3) is 0 Å². The van der Waals surface area contributed by atoms with Crippen LogP contribution in [0.5, 0.6) is 0 Å². The molecule has 1 fully saturated rings.